The molecule has 33 heavy (non-hydrogen) atoms. The average Bonchev–Trinajstić information content (AvgIpc) is 3.17. The highest BCUT2D eigenvalue weighted by Crippen LogP contribution is 2.23. The van der Waals surface area contributed by atoms with Gasteiger partial charge in [-0.25, -0.2) is 14.5 Å². The molecule has 0 amide bonds. The Hall–Kier alpha value is -4.20. The number of carbonyl (C=O) groups excluding carboxylic acids is 1. The number of benzene rings is 2. The predicted molar refractivity (Wildman–Crippen MR) is 125 cm³/mol. The van der Waals surface area contributed by atoms with Crippen LogP contribution < -0.4 is 10.1 Å². The zero-order chi connectivity index (χ0) is 23.2. The molecule has 4 rings (SSSR count). The molecule has 8 nitrogen and oxygen atoms in total. The maximum absolute atomic E-state index is 12.5. The van der Waals surface area contributed by atoms with Crippen molar-refractivity contribution in [2.24, 2.45) is 0 Å². The van der Waals surface area contributed by atoms with Gasteiger partial charge < -0.3 is 14.8 Å². The Bertz CT molecular complexity index is 1240. The van der Waals surface area contributed by atoms with Crippen molar-refractivity contribution in [3.05, 3.63) is 89.4 Å². The second kappa shape index (κ2) is 9.95. The molecule has 1 N–H and O–H groups in total. The third kappa shape index (κ3) is 5.35. The third-order valence-corrected chi connectivity index (χ3v) is 4.84. The van der Waals surface area contributed by atoms with Crippen LogP contribution in [0.1, 0.15) is 34.2 Å². The van der Waals surface area contributed by atoms with Crippen molar-refractivity contribution in [3.8, 4) is 11.7 Å². The molecule has 0 saturated heterocycles. The van der Waals surface area contributed by atoms with Crippen molar-refractivity contribution >= 4 is 17.5 Å². The summed E-state index contributed by atoms with van der Waals surface area (Å²) in [6.45, 7) is 6.31. The maximum atomic E-state index is 12.5. The minimum atomic E-state index is -0.497. The first-order chi connectivity index (χ1) is 16.0. The monoisotopic (exact) mass is 443 g/mol. The second-order valence-electron chi connectivity index (χ2n) is 7.42. The van der Waals surface area contributed by atoms with E-state index in [1.807, 2.05) is 74.5 Å². The summed E-state index contributed by atoms with van der Waals surface area (Å²) in [4.78, 5) is 21.3. The van der Waals surface area contributed by atoms with Crippen LogP contribution in [0.2, 0.25) is 0 Å². The van der Waals surface area contributed by atoms with Crippen molar-refractivity contribution < 1.29 is 14.3 Å². The molecule has 0 radical (unpaired) electrons. The largest absolute Gasteiger partial charge is 0.489 e. The van der Waals surface area contributed by atoms with Gasteiger partial charge >= 0.3 is 5.97 Å². The molecule has 0 spiro atoms. The average molecular weight is 444 g/mol. The zero-order valence-electron chi connectivity index (χ0n) is 18.8. The number of rotatable bonds is 8. The Morgan fingerprint density at radius 1 is 1.06 bits per heavy atom. The number of ether oxygens (including phenoxy) is 2. The molecule has 2 aromatic carbocycles. The van der Waals surface area contributed by atoms with Gasteiger partial charge in [0, 0.05) is 17.6 Å². The molecule has 0 unspecified atom stereocenters. The summed E-state index contributed by atoms with van der Waals surface area (Å²) >= 11 is 0. The molecule has 0 atom stereocenters. The summed E-state index contributed by atoms with van der Waals surface area (Å²) in [5.74, 6) is 0.937. The molecule has 0 aliphatic carbocycles. The lowest BCUT2D eigenvalue weighted by Crippen LogP contribution is -2.13. The van der Waals surface area contributed by atoms with E-state index in [2.05, 4.69) is 20.4 Å². The predicted octanol–water partition coefficient (Wildman–Crippen LogP) is 4.78. The van der Waals surface area contributed by atoms with Crippen molar-refractivity contribution in [3.63, 3.8) is 0 Å². The van der Waals surface area contributed by atoms with Crippen molar-refractivity contribution in [1.82, 2.24) is 19.7 Å². The SMILES string of the molecule is CCOC(=O)c1cnc(-n2nc(C)cc2C)nc1Nc1ccc(OCc2ccccc2)cc1. The van der Waals surface area contributed by atoms with Gasteiger partial charge in [-0.2, -0.15) is 10.1 Å². The molecule has 2 heterocycles. The van der Waals surface area contributed by atoms with Gasteiger partial charge in [-0.1, -0.05) is 30.3 Å². The quantitative estimate of drug-likeness (QED) is 0.392. The molecule has 0 fully saturated rings. The molecule has 4 aromatic rings. The van der Waals surface area contributed by atoms with Crippen molar-refractivity contribution in [2.45, 2.75) is 27.4 Å². The highest BCUT2D eigenvalue weighted by molar-refractivity contribution is 5.95. The number of hydrogen-bond acceptors (Lipinski definition) is 7. The zero-order valence-corrected chi connectivity index (χ0v) is 18.8. The van der Waals surface area contributed by atoms with Gasteiger partial charge in [-0.3, -0.25) is 0 Å². The van der Waals surface area contributed by atoms with Gasteiger partial charge in [0.15, 0.2) is 5.82 Å². The van der Waals surface area contributed by atoms with Crippen LogP contribution in [-0.4, -0.2) is 32.3 Å². The number of carbonyl (C=O) groups is 1. The number of hydrogen-bond donors (Lipinski definition) is 1. The Morgan fingerprint density at radius 2 is 1.82 bits per heavy atom. The topological polar surface area (TPSA) is 91.2 Å². The Morgan fingerprint density at radius 3 is 2.48 bits per heavy atom. The van der Waals surface area contributed by atoms with Gasteiger partial charge in [-0.15, -0.1) is 0 Å². The Labute approximate surface area is 192 Å². The molecule has 0 aliphatic rings. The van der Waals surface area contributed by atoms with Crippen LogP contribution in [0, 0.1) is 13.8 Å². The summed E-state index contributed by atoms with van der Waals surface area (Å²) in [6, 6.07) is 19.3. The maximum Gasteiger partial charge on any atom is 0.343 e. The van der Waals surface area contributed by atoms with Crippen LogP contribution in [0.4, 0.5) is 11.5 Å². The first-order valence-corrected chi connectivity index (χ1v) is 10.6. The van der Waals surface area contributed by atoms with E-state index in [1.165, 1.54) is 6.20 Å². The van der Waals surface area contributed by atoms with Crippen LogP contribution in [-0.2, 0) is 11.3 Å². The summed E-state index contributed by atoms with van der Waals surface area (Å²) in [7, 11) is 0. The minimum Gasteiger partial charge on any atom is -0.489 e. The van der Waals surface area contributed by atoms with E-state index < -0.39 is 5.97 Å². The van der Waals surface area contributed by atoms with Crippen LogP contribution in [0.15, 0.2) is 66.9 Å². The summed E-state index contributed by atoms with van der Waals surface area (Å²) in [5, 5.41) is 7.63. The number of aryl methyl sites for hydroxylation is 2. The summed E-state index contributed by atoms with van der Waals surface area (Å²) in [5.41, 5.74) is 3.82. The number of anilines is 2. The first kappa shape index (κ1) is 22.0. The smallest absolute Gasteiger partial charge is 0.343 e. The molecule has 2 aromatic heterocycles. The number of nitrogens with one attached hydrogen (secondary N) is 1. The fourth-order valence-corrected chi connectivity index (χ4v) is 3.27. The van der Waals surface area contributed by atoms with E-state index in [4.69, 9.17) is 9.47 Å². The van der Waals surface area contributed by atoms with Crippen molar-refractivity contribution in [2.75, 3.05) is 11.9 Å². The standard InChI is InChI=1S/C25H25N5O3/c1-4-32-24(31)22-15-26-25(30-18(3)14-17(2)29-30)28-23(22)27-20-10-12-21(13-11-20)33-16-19-8-6-5-7-9-19/h5-15H,4,16H2,1-3H3,(H,26,27,28). The van der Waals surface area contributed by atoms with Gasteiger partial charge in [0.2, 0.25) is 0 Å². The molecule has 0 aliphatic heterocycles. The number of nitrogens with zero attached hydrogens (tertiary/aromatic N) is 4. The van der Waals surface area contributed by atoms with Crippen LogP contribution >= 0.6 is 0 Å². The van der Waals surface area contributed by atoms with Crippen LogP contribution in [0.25, 0.3) is 5.95 Å². The third-order valence-electron chi connectivity index (χ3n) is 4.84. The minimum absolute atomic E-state index is 0.242. The second-order valence-corrected chi connectivity index (χ2v) is 7.42. The lowest BCUT2D eigenvalue weighted by atomic mass is 10.2. The normalized spacial score (nSPS) is 10.6. The number of aromatic nitrogens is 4. The molecule has 0 bridgehead atoms. The van der Waals surface area contributed by atoms with E-state index >= 15 is 0 Å². The first-order valence-electron chi connectivity index (χ1n) is 10.6. The highest BCUT2D eigenvalue weighted by atomic mass is 16.5. The van der Waals surface area contributed by atoms with Gasteiger partial charge in [-0.05, 0) is 56.7 Å². The summed E-state index contributed by atoms with van der Waals surface area (Å²) in [6.07, 6.45) is 1.45. The van der Waals surface area contributed by atoms with E-state index in [0.29, 0.717) is 18.4 Å². The van der Waals surface area contributed by atoms with Crippen molar-refractivity contribution in [1.29, 1.82) is 0 Å². The molecular formula is C25H25N5O3. The molecule has 0 saturated carbocycles. The lowest BCUT2D eigenvalue weighted by molar-refractivity contribution is 0.0526. The highest BCUT2D eigenvalue weighted by Gasteiger charge is 2.18. The van der Waals surface area contributed by atoms with Gasteiger partial charge in [0.1, 0.15) is 17.9 Å². The van der Waals surface area contributed by atoms with Gasteiger partial charge in [0.05, 0.1) is 12.3 Å². The molecular weight excluding hydrogens is 418 g/mol. The van der Waals surface area contributed by atoms with Gasteiger partial charge in [0.25, 0.3) is 5.95 Å². The van der Waals surface area contributed by atoms with Crippen LogP contribution in [0.3, 0.4) is 0 Å². The van der Waals surface area contributed by atoms with Crippen LogP contribution in [0.5, 0.6) is 5.75 Å². The van der Waals surface area contributed by atoms with E-state index in [1.54, 1.807) is 11.6 Å². The fraction of sp³-hybridized carbons (Fsp3) is 0.200. The Balaban J connectivity index is 1.56. The number of esters is 1. The molecule has 168 valence electrons. The van der Waals surface area contributed by atoms with E-state index in [-0.39, 0.29) is 12.2 Å². The van der Waals surface area contributed by atoms with E-state index in [9.17, 15) is 4.79 Å². The summed E-state index contributed by atoms with van der Waals surface area (Å²) < 4.78 is 12.7. The van der Waals surface area contributed by atoms with E-state index in [0.717, 1.165) is 28.4 Å². The Kier molecular flexibility index (Phi) is 6.64. The molecule has 8 heteroatoms. The lowest BCUT2D eigenvalue weighted by Gasteiger charge is -2.13. The fourth-order valence-electron chi connectivity index (χ4n) is 3.27.